The van der Waals surface area contributed by atoms with Crippen LogP contribution in [0, 0.1) is 5.92 Å². The first-order valence-electron chi connectivity index (χ1n) is 9.11. The number of amides is 1. The molecule has 4 rings (SSSR count). The summed E-state index contributed by atoms with van der Waals surface area (Å²) in [7, 11) is 0. The number of rotatable bonds is 3. The van der Waals surface area contributed by atoms with Crippen LogP contribution in [0.25, 0.3) is 0 Å². The molecule has 25 heavy (non-hydrogen) atoms. The van der Waals surface area contributed by atoms with Crippen molar-refractivity contribution in [3.05, 3.63) is 35.2 Å². The van der Waals surface area contributed by atoms with Crippen molar-refractivity contribution in [1.29, 1.82) is 0 Å². The van der Waals surface area contributed by atoms with Crippen LogP contribution in [0.5, 0.6) is 0 Å². The van der Waals surface area contributed by atoms with Gasteiger partial charge < -0.3 is 14.6 Å². The number of ether oxygens (including phenoxy) is 1. The summed E-state index contributed by atoms with van der Waals surface area (Å²) in [6.07, 6.45) is 7.48. The molecule has 0 bridgehead atoms. The molecular weight excluding hydrogens is 318 g/mol. The lowest BCUT2D eigenvalue weighted by Crippen LogP contribution is -2.39. The Morgan fingerprint density at radius 2 is 2.16 bits per heavy atom. The van der Waals surface area contributed by atoms with Gasteiger partial charge in [0.25, 0.3) is 5.91 Å². The molecule has 2 aromatic rings. The highest BCUT2D eigenvalue weighted by Crippen LogP contribution is 2.31. The first-order valence-corrected chi connectivity index (χ1v) is 9.11. The van der Waals surface area contributed by atoms with Crippen LogP contribution in [0.2, 0.25) is 0 Å². The monoisotopic (exact) mass is 343 g/mol. The molecule has 2 aromatic heterocycles. The van der Waals surface area contributed by atoms with E-state index < -0.39 is 0 Å². The number of nitrogens with zero attached hydrogens (tertiary/aromatic N) is 3. The minimum Gasteiger partial charge on any atom is -0.369 e. The second-order valence-electron chi connectivity index (χ2n) is 7.27. The zero-order valence-corrected chi connectivity index (χ0v) is 14.8. The molecule has 0 aromatic carbocycles. The highest BCUT2D eigenvalue weighted by Gasteiger charge is 2.32. The second-order valence-corrected chi connectivity index (χ2v) is 7.27. The molecule has 0 radical (unpaired) electrons. The molecule has 0 aliphatic carbocycles. The van der Waals surface area contributed by atoms with Gasteiger partial charge in [-0.3, -0.25) is 9.89 Å². The number of nitrogens with one attached hydrogen (secondary N) is 2. The number of H-pyrrole nitrogens is 2. The van der Waals surface area contributed by atoms with E-state index in [0.717, 1.165) is 50.0 Å². The van der Waals surface area contributed by atoms with E-state index >= 15 is 0 Å². The third kappa shape index (κ3) is 3.20. The fourth-order valence-corrected chi connectivity index (χ4v) is 4.05. The molecule has 1 saturated heterocycles. The van der Waals surface area contributed by atoms with Crippen LogP contribution < -0.4 is 0 Å². The Hall–Kier alpha value is -2.15. The maximum absolute atomic E-state index is 13.0. The quantitative estimate of drug-likeness (QED) is 0.895. The maximum Gasteiger partial charge on any atom is 0.274 e. The Labute approximate surface area is 147 Å². The Morgan fingerprint density at radius 3 is 2.88 bits per heavy atom. The lowest BCUT2D eigenvalue weighted by molar-refractivity contribution is -0.00703. The van der Waals surface area contributed by atoms with Crippen molar-refractivity contribution in [1.82, 2.24) is 25.1 Å². The number of hydrogen-bond acceptors (Lipinski definition) is 4. The molecule has 1 fully saturated rings. The van der Waals surface area contributed by atoms with Crippen LogP contribution in [0.3, 0.4) is 0 Å². The Kier molecular flexibility index (Phi) is 4.33. The van der Waals surface area contributed by atoms with Gasteiger partial charge in [-0.2, -0.15) is 5.10 Å². The van der Waals surface area contributed by atoms with E-state index in [4.69, 9.17) is 4.74 Å². The molecule has 0 spiro atoms. The number of hydrogen-bond donors (Lipinski definition) is 2. The molecule has 1 amide bonds. The van der Waals surface area contributed by atoms with Crippen molar-refractivity contribution >= 4 is 5.91 Å². The third-order valence-electron chi connectivity index (χ3n) is 5.40. The largest absolute Gasteiger partial charge is 0.369 e. The van der Waals surface area contributed by atoms with E-state index in [-0.39, 0.29) is 18.1 Å². The molecule has 4 heterocycles. The van der Waals surface area contributed by atoms with Crippen LogP contribution in [0.4, 0.5) is 0 Å². The van der Waals surface area contributed by atoms with E-state index in [9.17, 15) is 4.79 Å². The summed E-state index contributed by atoms with van der Waals surface area (Å²) in [6.45, 7) is 5.63. The Morgan fingerprint density at radius 1 is 1.36 bits per heavy atom. The number of likely N-dealkylation sites (tertiary alicyclic amines) is 1. The smallest absolute Gasteiger partial charge is 0.274 e. The molecule has 2 N–H and O–H groups in total. The number of fused-ring (bicyclic) bond motifs is 1. The number of aromatic nitrogens is 4. The van der Waals surface area contributed by atoms with Crippen molar-refractivity contribution < 1.29 is 9.53 Å². The number of carbonyl (C=O) groups excluding carboxylic acids is 1. The summed E-state index contributed by atoms with van der Waals surface area (Å²) in [5, 5.41) is 7.35. The van der Waals surface area contributed by atoms with Gasteiger partial charge in [-0.05, 0) is 39.0 Å². The Balaban J connectivity index is 1.41. The average Bonchev–Trinajstić information content (AvgIpc) is 3.24. The van der Waals surface area contributed by atoms with E-state index in [1.165, 1.54) is 5.69 Å². The molecule has 7 heteroatoms. The van der Waals surface area contributed by atoms with Gasteiger partial charge in [0.2, 0.25) is 0 Å². The van der Waals surface area contributed by atoms with E-state index in [1.54, 1.807) is 6.33 Å². The SMILES string of the molecule is C[C@@H]1Cc2c(C(=O)N3CCC(Cc4cnc[nH]4)CC3)n[nH]c2[C@H](C)O1. The fourth-order valence-electron chi connectivity index (χ4n) is 4.05. The lowest BCUT2D eigenvalue weighted by Gasteiger charge is -2.32. The molecule has 2 aliphatic rings. The number of aromatic amines is 2. The zero-order valence-electron chi connectivity index (χ0n) is 14.8. The van der Waals surface area contributed by atoms with Gasteiger partial charge in [0.1, 0.15) is 0 Å². The summed E-state index contributed by atoms with van der Waals surface area (Å²) in [5.41, 5.74) is 3.75. The normalized spacial score (nSPS) is 24.3. The maximum atomic E-state index is 13.0. The topological polar surface area (TPSA) is 86.9 Å². The minimum absolute atomic E-state index is 0.0343. The summed E-state index contributed by atoms with van der Waals surface area (Å²) in [5.74, 6) is 0.657. The van der Waals surface area contributed by atoms with Crippen molar-refractivity contribution in [3.63, 3.8) is 0 Å². The van der Waals surface area contributed by atoms with Crippen LogP contribution in [0.1, 0.15) is 60.2 Å². The van der Waals surface area contributed by atoms with Crippen molar-refractivity contribution in [2.24, 2.45) is 5.92 Å². The molecule has 0 unspecified atom stereocenters. The number of imidazole rings is 1. The van der Waals surface area contributed by atoms with E-state index in [1.807, 2.05) is 24.9 Å². The minimum atomic E-state index is -0.0343. The fraction of sp³-hybridized carbons (Fsp3) is 0.611. The summed E-state index contributed by atoms with van der Waals surface area (Å²) in [4.78, 5) is 22.1. The zero-order chi connectivity index (χ0) is 17.4. The van der Waals surface area contributed by atoms with Crippen LogP contribution >= 0.6 is 0 Å². The van der Waals surface area contributed by atoms with Crippen LogP contribution in [-0.2, 0) is 17.6 Å². The first-order chi connectivity index (χ1) is 12.1. The molecule has 2 atom stereocenters. The van der Waals surface area contributed by atoms with Crippen molar-refractivity contribution in [2.45, 2.75) is 51.7 Å². The third-order valence-corrected chi connectivity index (χ3v) is 5.40. The van der Waals surface area contributed by atoms with E-state index in [2.05, 4.69) is 20.2 Å². The summed E-state index contributed by atoms with van der Waals surface area (Å²) < 4.78 is 5.81. The molecule has 134 valence electrons. The number of carbonyl (C=O) groups is 1. The van der Waals surface area contributed by atoms with Gasteiger partial charge in [0.05, 0.1) is 24.2 Å². The number of piperidine rings is 1. The van der Waals surface area contributed by atoms with Crippen LogP contribution in [0.15, 0.2) is 12.5 Å². The molecule has 0 saturated carbocycles. The van der Waals surface area contributed by atoms with E-state index in [0.29, 0.717) is 11.6 Å². The van der Waals surface area contributed by atoms with Gasteiger partial charge in [0.15, 0.2) is 5.69 Å². The summed E-state index contributed by atoms with van der Waals surface area (Å²) in [6, 6.07) is 0. The predicted molar refractivity (Wildman–Crippen MR) is 92.2 cm³/mol. The van der Waals surface area contributed by atoms with Crippen molar-refractivity contribution in [2.75, 3.05) is 13.1 Å². The van der Waals surface area contributed by atoms with Gasteiger partial charge in [-0.1, -0.05) is 0 Å². The van der Waals surface area contributed by atoms with Gasteiger partial charge >= 0.3 is 0 Å². The highest BCUT2D eigenvalue weighted by atomic mass is 16.5. The lowest BCUT2D eigenvalue weighted by atomic mass is 9.92. The predicted octanol–water partition coefficient (Wildman–Crippen LogP) is 2.25. The average molecular weight is 343 g/mol. The van der Waals surface area contributed by atoms with Crippen molar-refractivity contribution in [3.8, 4) is 0 Å². The second kappa shape index (κ2) is 6.63. The van der Waals surface area contributed by atoms with Gasteiger partial charge in [0, 0.05) is 37.0 Å². The first kappa shape index (κ1) is 16.3. The standard InChI is InChI=1S/C18H25N5O2/c1-11-7-15-16(12(2)25-11)21-22-17(15)18(24)23-5-3-13(4-6-23)8-14-9-19-10-20-14/h9-13H,3-8H2,1-2H3,(H,19,20)(H,21,22)/t11-,12+/m1/s1. The molecule has 2 aliphatic heterocycles. The van der Waals surface area contributed by atoms with Gasteiger partial charge in [-0.15, -0.1) is 0 Å². The highest BCUT2D eigenvalue weighted by molar-refractivity contribution is 5.94. The van der Waals surface area contributed by atoms with Crippen LogP contribution in [-0.4, -0.2) is 50.2 Å². The Bertz CT molecular complexity index is 731. The molecular formula is C18H25N5O2. The van der Waals surface area contributed by atoms with Gasteiger partial charge in [-0.25, -0.2) is 4.98 Å². The summed E-state index contributed by atoms with van der Waals surface area (Å²) >= 11 is 0. The molecule has 7 nitrogen and oxygen atoms in total.